The maximum absolute atomic E-state index is 14.6. The van der Waals surface area contributed by atoms with Crippen LogP contribution in [0, 0.1) is 42.4 Å². The number of nitrogens with zero attached hydrogens (tertiary/aromatic N) is 3. The first-order chi connectivity index (χ1) is 27.0. The van der Waals surface area contributed by atoms with Gasteiger partial charge in [0.1, 0.15) is 29.5 Å². The average Bonchev–Trinajstić information content (AvgIpc) is 3.56. The molecule has 4 bridgehead atoms. The Labute approximate surface area is 334 Å². The third-order valence-electron chi connectivity index (χ3n) is 11.7. The topological polar surface area (TPSA) is 230 Å². The summed E-state index contributed by atoms with van der Waals surface area (Å²) in [4.78, 5) is 50.7. The van der Waals surface area contributed by atoms with Crippen molar-refractivity contribution in [2.24, 2.45) is 28.9 Å². The third kappa shape index (κ3) is 11.2. The second-order valence-corrected chi connectivity index (χ2v) is 17.8. The van der Waals surface area contributed by atoms with Gasteiger partial charge < -0.3 is 41.4 Å². The molecule has 4 aliphatic carbocycles. The number of hydrogen-bond acceptors (Lipinski definition) is 10. The van der Waals surface area contributed by atoms with Crippen LogP contribution in [0.5, 0.6) is 5.75 Å². The van der Waals surface area contributed by atoms with E-state index in [2.05, 4.69) is 31.4 Å². The van der Waals surface area contributed by atoms with Crippen molar-refractivity contribution in [1.82, 2.24) is 36.4 Å². The molecule has 2 aromatic heterocycles. The lowest BCUT2D eigenvalue weighted by Gasteiger charge is -2.56. The number of aromatic hydroxyl groups is 1. The molecular weight excluding hydrogens is 727 g/mol. The Morgan fingerprint density at radius 2 is 1.58 bits per heavy atom. The minimum absolute atomic E-state index is 0.0870. The van der Waals surface area contributed by atoms with Gasteiger partial charge in [-0.2, -0.15) is 4.98 Å². The Hall–Kier alpha value is -5.21. The summed E-state index contributed by atoms with van der Waals surface area (Å²) in [5, 5.41) is 33.6. The van der Waals surface area contributed by atoms with Gasteiger partial charge in [0.05, 0.1) is 0 Å². The molecule has 308 valence electrons. The highest BCUT2D eigenvalue weighted by atomic mass is 16.6. The molecule has 4 aliphatic rings. The van der Waals surface area contributed by atoms with E-state index >= 15 is 0 Å². The second kappa shape index (κ2) is 17.5. The smallest absolute Gasteiger partial charge is 0.408 e. The number of alkyl carbamates (subject to hydrolysis) is 1. The van der Waals surface area contributed by atoms with E-state index in [1.165, 1.54) is 38.5 Å². The van der Waals surface area contributed by atoms with E-state index in [4.69, 9.17) is 25.4 Å². The van der Waals surface area contributed by atoms with Gasteiger partial charge in [0.2, 0.25) is 17.7 Å². The van der Waals surface area contributed by atoms with Gasteiger partial charge in [-0.05, 0) is 156 Å². The maximum Gasteiger partial charge on any atom is 0.408 e. The quantitative estimate of drug-likeness (QED) is 0.0591. The molecule has 4 saturated carbocycles. The molecule has 0 unspecified atom stereocenters. The molecule has 0 radical (unpaired) electrons. The SMILES string of the molecule is Cc1cc(O)cc(C)c1C[C@H](NC(=O)[C@@H](CCCNC(=N)N)NC(=O)OC(C)(C)C)C(=O)N[C@@H](Cc1ccncc1)c1nc(CC23CC4CC(CC(C4)C2)C3)no1. The van der Waals surface area contributed by atoms with E-state index in [0.717, 1.165) is 46.4 Å². The number of phenolic OH excluding ortho intramolecular Hbond substituents is 1. The van der Waals surface area contributed by atoms with Crippen LogP contribution in [0.1, 0.15) is 112 Å². The van der Waals surface area contributed by atoms with Gasteiger partial charge in [0.15, 0.2) is 11.8 Å². The Balaban J connectivity index is 1.25. The number of phenols is 1. The monoisotopic (exact) mass is 785 g/mol. The summed E-state index contributed by atoms with van der Waals surface area (Å²) in [6.07, 6.45) is 11.9. The number of carbonyl (C=O) groups is 3. The van der Waals surface area contributed by atoms with Crippen LogP contribution in [0.25, 0.3) is 0 Å². The summed E-state index contributed by atoms with van der Waals surface area (Å²) in [6, 6.07) is 4.03. The van der Waals surface area contributed by atoms with Gasteiger partial charge in [-0.3, -0.25) is 20.0 Å². The minimum Gasteiger partial charge on any atom is -0.508 e. The number of amides is 3. The Bertz CT molecular complexity index is 1850. The Morgan fingerprint density at radius 1 is 0.965 bits per heavy atom. The molecule has 3 aromatic rings. The van der Waals surface area contributed by atoms with Crippen molar-refractivity contribution in [3.8, 4) is 5.75 Å². The van der Waals surface area contributed by atoms with Crippen LogP contribution in [-0.4, -0.2) is 68.3 Å². The van der Waals surface area contributed by atoms with E-state index in [1.807, 2.05) is 26.0 Å². The van der Waals surface area contributed by atoms with Crippen LogP contribution in [-0.2, 0) is 33.6 Å². The van der Waals surface area contributed by atoms with Crippen LogP contribution >= 0.6 is 0 Å². The van der Waals surface area contributed by atoms with Gasteiger partial charge in [-0.15, -0.1) is 0 Å². The second-order valence-electron chi connectivity index (χ2n) is 17.8. The zero-order valence-corrected chi connectivity index (χ0v) is 33.8. The molecule has 0 spiro atoms. The minimum atomic E-state index is -1.12. The number of guanidine groups is 1. The van der Waals surface area contributed by atoms with Crippen molar-refractivity contribution in [3.63, 3.8) is 0 Å². The lowest BCUT2D eigenvalue weighted by molar-refractivity contribution is -0.130. The van der Waals surface area contributed by atoms with E-state index in [-0.39, 0.29) is 42.4 Å². The summed E-state index contributed by atoms with van der Waals surface area (Å²) >= 11 is 0. The van der Waals surface area contributed by atoms with Gasteiger partial charge in [-0.1, -0.05) is 5.16 Å². The van der Waals surface area contributed by atoms with Crippen molar-refractivity contribution in [2.75, 3.05) is 6.54 Å². The van der Waals surface area contributed by atoms with Gasteiger partial charge in [0.25, 0.3) is 0 Å². The highest BCUT2D eigenvalue weighted by Gasteiger charge is 2.51. The predicted molar refractivity (Wildman–Crippen MR) is 213 cm³/mol. The first-order valence-electron chi connectivity index (χ1n) is 20.2. The summed E-state index contributed by atoms with van der Waals surface area (Å²) in [5.74, 6) is 2.07. The number of pyridine rings is 1. The molecule has 57 heavy (non-hydrogen) atoms. The molecule has 15 heteroatoms. The molecule has 7 rings (SSSR count). The summed E-state index contributed by atoms with van der Waals surface area (Å²) in [7, 11) is 0. The summed E-state index contributed by atoms with van der Waals surface area (Å²) in [5.41, 5.74) is 7.99. The van der Waals surface area contributed by atoms with E-state index in [9.17, 15) is 19.5 Å². The average molecular weight is 786 g/mol. The maximum atomic E-state index is 14.6. The van der Waals surface area contributed by atoms with Crippen molar-refractivity contribution in [1.29, 1.82) is 5.41 Å². The molecule has 3 atom stereocenters. The van der Waals surface area contributed by atoms with Gasteiger partial charge >= 0.3 is 6.09 Å². The molecule has 3 amide bonds. The lowest BCUT2D eigenvalue weighted by Crippen LogP contribution is -2.55. The number of rotatable bonds is 16. The van der Waals surface area contributed by atoms with Crippen LogP contribution < -0.4 is 27.0 Å². The molecule has 2 heterocycles. The number of carbonyl (C=O) groups excluding carboxylic acids is 3. The standard InChI is InChI=1S/C42H59N9O6/c1-24-13-30(52)14-25(2)31(24)19-33(47-36(53)32(7-6-10-46-39(43)44)49-40(55)56-41(3,4)5)37(54)48-34(18-26-8-11-45-12-9-26)38-50-35(51-57-38)23-42-20-27-15-28(21-42)17-29(16-27)22-42/h8-9,11-14,27-29,32-34,52H,6-7,10,15-23H2,1-5H3,(H,47,53)(H,48,54)(H,49,55)(H4,43,44,46)/t27?,28?,29?,32-,33+,34+,42?/m1/s1. The third-order valence-corrected chi connectivity index (χ3v) is 11.7. The number of benzene rings is 1. The Kier molecular flexibility index (Phi) is 12.7. The van der Waals surface area contributed by atoms with Gasteiger partial charge in [0, 0.05) is 38.2 Å². The van der Waals surface area contributed by atoms with Crippen molar-refractivity contribution >= 4 is 23.9 Å². The van der Waals surface area contributed by atoms with Crippen LogP contribution in [0.15, 0.2) is 41.2 Å². The fraction of sp³-hybridized carbons (Fsp3) is 0.595. The largest absolute Gasteiger partial charge is 0.508 e. The zero-order chi connectivity index (χ0) is 40.9. The fourth-order valence-corrected chi connectivity index (χ4v) is 9.78. The van der Waals surface area contributed by atoms with E-state index < -0.39 is 41.6 Å². The van der Waals surface area contributed by atoms with Crippen LogP contribution in [0.3, 0.4) is 0 Å². The summed E-state index contributed by atoms with van der Waals surface area (Å²) in [6.45, 7) is 9.13. The van der Waals surface area contributed by atoms with Crippen molar-refractivity contribution < 1.29 is 28.8 Å². The van der Waals surface area contributed by atoms with Crippen molar-refractivity contribution in [2.45, 2.75) is 129 Å². The van der Waals surface area contributed by atoms with Crippen LogP contribution in [0.4, 0.5) is 4.79 Å². The molecule has 15 nitrogen and oxygen atoms in total. The summed E-state index contributed by atoms with van der Waals surface area (Å²) < 4.78 is 11.4. The first kappa shape index (κ1) is 41.4. The van der Waals surface area contributed by atoms with Crippen LogP contribution in [0.2, 0.25) is 0 Å². The predicted octanol–water partition coefficient (Wildman–Crippen LogP) is 4.83. The van der Waals surface area contributed by atoms with E-state index in [0.29, 0.717) is 18.7 Å². The molecular formula is C42H59N9O6. The van der Waals surface area contributed by atoms with Gasteiger partial charge in [-0.25, -0.2) is 4.79 Å². The number of aryl methyl sites for hydroxylation is 2. The zero-order valence-electron chi connectivity index (χ0n) is 33.8. The molecule has 1 aromatic carbocycles. The number of aromatic nitrogens is 3. The number of hydrogen-bond donors (Lipinski definition) is 7. The van der Waals surface area contributed by atoms with Crippen molar-refractivity contribution in [3.05, 3.63) is 70.6 Å². The Morgan fingerprint density at radius 3 is 2.18 bits per heavy atom. The van der Waals surface area contributed by atoms with E-state index in [1.54, 1.807) is 45.3 Å². The number of ether oxygens (including phenoxy) is 1. The first-order valence-corrected chi connectivity index (χ1v) is 20.2. The number of nitrogens with one attached hydrogen (secondary N) is 5. The highest BCUT2D eigenvalue weighted by molar-refractivity contribution is 5.91. The molecule has 8 N–H and O–H groups in total. The highest BCUT2D eigenvalue weighted by Crippen LogP contribution is 2.60. The molecule has 0 aliphatic heterocycles. The number of nitrogens with two attached hydrogens (primary N) is 1. The lowest BCUT2D eigenvalue weighted by atomic mass is 9.49. The molecule has 0 saturated heterocycles. The fourth-order valence-electron chi connectivity index (χ4n) is 9.78. The molecule has 4 fully saturated rings. The normalized spacial score (nSPS) is 22.6.